The van der Waals surface area contributed by atoms with Gasteiger partial charge in [-0.05, 0) is 42.3 Å². The number of fused-ring (bicyclic) bond motifs is 1. The molecule has 3 aromatic carbocycles. The monoisotopic (exact) mass is 438 g/mol. The van der Waals surface area contributed by atoms with E-state index in [1.54, 1.807) is 44.2 Å². The molecule has 4 rings (SSSR count). The van der Waals surface area contributed by atoms with Gasteiger partial charge in [-0.3, -0.25) is 0 Å². The minimum absolute atomic E-state index is 0.0421. The fraction of sp³-hybridized carbons (Fsp3) is 0.130. The predicted molar refractivity (Wildman–Crippen MR) is 119 cm³/mol. The molecule has 7 heteroatoms. The normalized spacial score (nSPS) is 11.6. The molecule has 0 aliphatic carbocycles. The lowest BCUT2D eigenvalue weighted by Crippen LogP contribution is -2.07. The van der Waals surface area contributed by atoms with Gasteiger partial charge in [0.15, 0.2) is 9.84 Å². The lowest BCUT2D eigenvalue weighted by molar-refractivity contribution is 0.445. The van der Waals surface area contributed by atoms with Gasteiger partial charge in [0.1, 0.15) is 21.9 Å². The summed E-state index contributed by atoms with van der Waals surface area (Å²) in [4.78, 5) is 9.10. The first-order chi connectivity index (χ1) is 14.4. The quantitative estimate of drug-likeness (QED) is 0.391. The van der Waals surface area contributed by atoms with Crippen LogP contribution in [0.4, 0.5) is 0 Å². The second kappa shape index (κ2) is 8.05. The number of hydrogen-bond acceptors (Lipinski definition) is 5. The molecule has 0 fully saturated rings. The molecule has 0 bridgehead atoms. The Morgan fingerprint density at radius 3 is 2.43 bits per heavy atom. The van der Waals surface area contributed by atoms with Crippen molar-refractivity contribution in [1.82, 2.24) is 9.97 Å². The van der Waals surface area contributed by atoms with Crippen LogP contribution in [0.5, 0.6) is 11.6 Å². The zero-order valence-electron chi connectivity index (χ0n) is 16.5. The molecule has 30 heavy (non-hydrogen) atoms. The van der Waals surface area contributed by atoms with E-state index in [1.165, 1.54) is 0 Å². The van der Waals surface area contributed by atoms with Crippen molar-refractivity contribution >= 4 is 32.5 Å². The third-order valence-corrected chi connectivity index (χ3v) is 6.80. The van der Waals surface area contributed by atoms with E-state index in [4.69, 9.17) is 16.3 Å². The number of aryl methyl sites for hydroxylation is 1. The number of sulfone groups is 1. The Labute approximate surface area is 180 Å². The first-order valence-electron chi connectivity index (χ1n) is 9.42. The van der Waals surface area contributed by atoms with Crippen molar-refractivity contribution in [2.45, 2.75) is 18.7 Å². The number of hydrogen-bond donors (Lipinski definition) is 0. The fourth-order valence-corrected chi connectivity index (χ4v) is 4.36. The molecular weight excluding hydrogens is 420 g/mol. The number of benzene rings is 3. The maximum Gasteiger partial charge on any atom is 0.241 e. The second-order valence-corrected chi connectivity index (χ2v) is 9.41. The van der Waals surface area contributed by atoms with Gasteiger partial charge in [0, 0.05) is 0 Å². The average Bonchev–Trinajstić information content (AvgIpc) is 2.76. The van der Waals surface area contributed by atoms with Crippen molar-refractivity contribution in [2.75, 3.05) is 5.75 Å². The van der Waals surface area contributed by atoms with Gasteiger partial charge >= 0.3 is 0 Å². The molecule has 5 nitrogen and oxygen atoms in total. The molecule has 1 aromatic heterocycles. The van der Waals surface area contributed by atoms with Crippen LogP contribution in [0.2, 0.25) is 5.02 Å². The number of halogens is 1. The largest absolute Gasteiger partial charge is 0.436 e. The topological polar surface area (TPSA) is 69.2 Å². The lowest BCUT2D eigenvalue weighted by Gasteiger charge is -2.14. The smallest absolute Gasteiger partial charge is 0.241 e. The van der Waals surface area contributed by atoms with Gasteiger partial charge in [0.2, 0.25) is 5.88 Å². The highest BCUT2D eigenvalue weighted by Gasteiger charge is 2.21. The summed E-state index contributed by atoms with van der Waals surface area (Å²) in [5.41, 5.74) is 3.38. The van der Waals surface area contributed by atoms with Gasteiger partial charge < -0.3 is 4.74 Å². The van der Waals surface area contributed by atoms with Crippen LogP contribution in [0.1, 0.15) is 12.6 Å². The van der Waals surface area contributed by atoms with E-state index in [1.807, 2.05) is 36.4 Å². The summed E-state index contributed by atoms with van der Waals surface area (Å²) in [5.74, 6) is 0.416. The van der Waals surface area contributed by atoms with Gasteiger partial charge in [-0.2, -0.15) is 0 Å². The molecule has 4 aromatic rings. The Balaban J connectivity index is 1.83. The molecule has 0 atom stereocenters. The van der Waals surface area contributed by atoms with Crippen LogP contribution in [0.15, 0.2) is 71.6 Å². The highest BCUT2D eigenvalue weighted by Crippen LogP contribution is 2.34. The number of para-hydroxylation sites is 1. The number of nitrogens with zero attached hydrogens (tertiary/aromatic N) is 2. The van der Waals surface area contributed by atoms with Crippen LogP contribution >= 0.6 is 11.6 Å². The Bertz CT molecular complexity index is 1340. The van der Waals surface area contributed by atoms with E-state index in [0.717, 1.165) is 11.1 Å². The fourth-order valence-electron chi connectivity index (χ4n) is 3.11. The van der Waals surface area contributed by atoms with E-state index >= 15 is 0 Å². The van der Waals surface area contributed by atoms with Crippen LogP contribution in [0.25, 0.3) is 22.2 Å². The summed E-state index contributed by atoms with van der Waals surface area (Å²) >= 11 is 6.20. The number of aromatic nitrogens is 2. The highest BCUT2D eigenvalue weighted by molar-refractivity contribution is 7.91. The van der Waals surface area contributed by atoms with E-state index in [-0.39, 0.29) is 22.3 Å². The molecular formula is C23H19ClN2O3S. The van der Waals surface area contributed by atoms with Crippen LogP contribution < -0.4 is 4.74 Å². The zero-order chi connectivity index (χ0) is 21.3. The molecule has 0 aliphatic rings. The molecule has 0 saturated heterocycles. The SMILES string of the molecule is CCS(=O)(=O)c1cc(-c2ccccc2)ccc1Oc1nc2cccc(Cl)c2nc1C. The van der Waals surface area contributed by atoms with Crippen molar-refractivity contribution in [3.8, 4) is 22.8 Å². The average molecular weight is 439 g/mol. The van der Waals surface area contributed by atoms with Crippen LogP contribution in [-0.4, -0.2) is 24.1 Å². The summed E-state index contributed by atoms with van der Waals surface area (Å²) in [5, 5.41) is 0.496. The van der Waals surface area contributed by atoms with E-state index in [2.05, 4.69) is 9.97 Å². The first kappa shape index (κ1) is 20.3. The van der Waals surface area contributed by atoms with Crippen LogP contribution in [0.3, 0.4) is 0 Å². The maximum atomic E-state index is 12.8. The van der Waals surface area contributed by atoms with Crippen LogP contribution in [-0.2, 0) is 9.84 Å². The van der Waals surface area contributed by atoms with Crippen molar-refractivity contribution in [3.63, 3.8) is 0 Å². The Hall–Kier alpha value is -2.96. The van der Waals surface area contributed by atoms with Crippen molar-refractivity contribution in [1.29, 1.82) is 0 Å². The van der Waals surface area contributed by atoms with Gasteiger partial charge in [-0.15, -0.1) is 0 Å². The Morgan fingerprint density at radius 2 is 1.70 bits per heavy atom. The van der Waals surface area contributed by atoms with E-state index in [9.17, 15) is 8.42 Å². The zero-order valence-corrected chi connectivity index (χ0v) is 18.0. The number of rotatable bonds is 5. The molecule has 0 saturated carbocycles. The second-order valence-electron chi connectivity index (χ2n) is 6.75. The third kappa shape index (κ3) is 3.88. The lowest BCUT2D eigenvalue weighted by atomic mass is 10.1. The summed E-state index contributed by atoms with van der Waals surface area (Å²) in [6, 6.07) is 20.0. The molecule has 0 aliphatic heterocycles. The Kier molecular flexibility index (Phi) is 5.45. The standard InChI is InChI=1S/C23H19ClN2O3S/c1-3-30(27,28)21-14-17(16-8-5-4-6-9-16)12-13-20(21)29-23-15(2)25-22-18(24)10-7-11-19(22)26-23/h4-14H,3H2,1-2H3. The first-order valence-corrected chi connectivity index (χ1v) is 11.4. The summed E-state index contributed by atoms with van der Waals surface area (Å²) in [7, 11) is -3.54. The molecule has 0 radical (unpaired) electrons. The molecule has 1 heterocycles. The van der Waals surface area contributed by atoms with Crippen molar-refractivity contribution in [2.24, 2.45) is 0 Å². The van der Waals surface area contributed by atoms with E-state index in [0.29, 0.717) is 21.7 Å². The molecule has 0 spiro atoms. The maximum absolute atomic E-state index is 12.8. The van der Waals surface area contributed by atoms with Crippen molar-refractivity contribution in [3.05, 3.63) is 77.4 Å². The molecule has 0 N–H and O–H groups in total. The summed E-state index contributed by atoms with van der Waals surface area (Å²) in [6.07, 6.45) is 0. The molecule has 152 valence electrons. The Morgan fingerprint density at radius 1 is 0.933 bits per heavy atom. The van der Waals surface area contributed by atoms with E-state index < -0.39 is 9.84 Å². The third-order valence-electron chi connectivity index (χ3n) is 4.75. The summed E-state index contributed by atoms with van der Waals surface area (Å²) < 4.78 is 31.6. The van der Waals surface area contributed by atoms with Gasteiger partial charge in [0.05, 0.1) is 16.3 Å². The van der Waals surface area contributed by atoms with Crippen LogP contribution in [0, 0.1) is 6.92 Å². The van der Waals surface area contributed by atoms with Gasteiger partial charge in [-0.1, -0.05) is 61.0 Å². The van der Waals surface area contributed by atoms with Gasteiger partial charge in [0.25, 0.3) is 0 Å². The molecule has 0 amide bonds. The highest BCUT2D eigenvalue weighted by atomic mass is 35.5. The minimum atomic E-state index is -3.54. The minimum Gasteiger partial charge on any atom is -0.436 e. The van der Waals surface area contributed by atoms with Gasteiger partial charge in [-0.25, -0.2) is 18.4 Å². The number of ether oxygens (including phenoxy) is 1. The predicted octanol–water partition coefficient (Wildman–Crippen LogP) is 5.84. The van der Waals surface area contributed by atoms with Crippen molar-refractivity contribution < 1.29 is 13.2 Å². The molecule has 0 unspecified atom stereocenters. The summed E-state index contributed by atoms with van der Waals surface area (Å²) in [6.45, 7) is 3.36.